The molecular formula is C62H90O8. The van der Waals surface area contributed by atoms with Gasteiger partial charge in [0.25, 0.3) is 0 Å². The van der Waals surface area contributed by atoms with Gasteiger partial charge in [0.15, 0.2) is 0 Å². The zero-order valence-electron chi connectivity index (χ0n) is 47.6. The number of hydrogen-bond acceptors (Lipinski definition) is 8. The second-order valence-corrected chi connectivity index (χ2v) is 28.1. The highest BCUT2D eigenvalue weighted by Crippen LogP contribution is 2.48. The topological polar surface area (TPSA) is 134 Å². The summed E-state index contributed by atoms with van der Waals surface area (Å²) >= 11 is 0. The van der Waals surface area contributed by atoms with Crippen LogP contribution in [0.2, 0.25) is 0 Å². The lowest BCUT2D eigenvalue weighted by Crippen LogP contribution is -2.26. The van der Waals surface area contributed by atoms with Crippen molar-refractivity contribution < 1.29 is 39.5 Å². The molecule has 0 atom stereocenters. The summed E-state index contributed by atoms with van der Waals surface area (Å²) in [5.41, 5.74) is 4.16. The van der Waals surface area contributed by atoms with Crippen LogP contribution in [0, 0.1) is 0 Å². The van der Waals surface area contributed by atoms with E-state index in [0.717, 1.165) is 0 Å². The van der Waals surface area contributed by atoms with E-state index in [1.54, 1.807) is 0 Å². The summed E-state index contributed by atoms with van der Waals surface area (Å²) in [6, 6.07) is 15.2. The van der Waals surface area contributed by atoms with Gasteiger partial charge in [-0.15, -0.1) is 0 Å². The van der Waals surface area contributed by atoms with Crippen LogP contribution in [-0.2, 0) is 62.4 Å². The molecule has 4 rings (SSSR count). The minimum atomic E-state index is -0.985. The summed E-state index contributed by atoms with van der Waals surface area (Å²) in [5, 5.41) is 47.1. The first kappa shape index (κ1) is 57.6. The Bertz CT molecular complexity index is 2100. The molecule has 0 spiro atoms. The van der Waals surface area contributed by atoms with E-state index in [4.69, 9.17) is 9.47 Å². The van der Waals surface area contributed by atoms with E-state index in [-0.39, 0.29) is 36.2 Å². The minimum Gasteiger partial charge on any atom is -0.507 e. The molecule has 0 heterocycles. The average molecular weight is 963 g/mol. The van der Waals surface area contributed by atoms with Crippen LogP contribution in [0.4, 0.5) is 0 Å². The Morgan fingerprint density at radius 3 is 0.557 bits per heavy atom. The van der Waals surface area contributed by atoms with Gasteiger partial charge in [-0.05, 0) is 110 Å². The minimum absolute atomic E-state index is 0.185. The van der Waals surface area contributed by atoms with Gasteiger partial charge in [0.2, 0.25) is 0 Å². The Labute approximate surface area is 422 Å². The number of rotatable bonds is 9. The van der Waals surface area contributed by atoms with Crippen molar-refractivity contribution >= 4 is 11.9 Å². The predicted octanol–water partition coefficient (Wildman–Crippen LogP) is 14.9. The van der Waals surface area contributed by atoms with E-state index in [2.05, 4.69) is 0 Å². The quantitative estimate of drug-likeness (QED) is 0.0963. The Hall–Kier alpha value is -4.98. The lowest BCUT2D eigenvalue weighted by atomic mass is 9.74. The van der Waals surface area contributed by atoms with E-state index in [1.165, 1.54) is 0 Å². The maximum Gasteiger partial charge on any atom is 0.318 e. The molecule has 8 nitrogen and oxygen atoms in total. The molecule has 4 aromatic carbocycles. The molecule has 0 aliphatic carbocycles. The highest BCUT2D eigenvalue weighted by Gasteiger charge is 2.38. The molecule has 0 saturated heterocycles. The summed E-state index contributed by atoms with van der Waals surface area (Å²) in [6.07, 6.45) is 0. The second kappa shape index (κ2) is 19.2. The van der Waals surface area contributed by atoms with Gasteiger partial charge in [-0.1, -0.05) is 215 Å². The Kier molecular flexibility index (Phi) is 15.8. The summed E-state index contributed by atoms with van der Waals surface area (Å²) in [6.45, 7) is 48.2. The zero-order valence-corrected chi connectivity index (χ0v) is 47.6. The summed E-state index contributed by atoms with van der Waals surface area (Å²) in [5.74, 6) is -2.38. The first-order valence-corrected chi connectivity index (χ1v) is 25.1. The van der Waals surface area contributed by atoms with E-state index in [0.29, 0.717) is 66.8 Å². The predicted molar refractivity (Wildman–Crippen MR) is 288 cm³/mol. The Morgan fingerprint density at radius 1 is 0.314 bits per heavy atom. The first-order valence-electron chi connectivity index (χ1n) is 25.1. The van der Waals surface area contributed by atoms with Crippen LogP contribution in [0.3, 0.4) is 0 Å². The number of ether oxygens (including phenoxy) is 2. The first-order chi connectivity index (χ1) is 31.3. The van der Waals surface area contributed by atoms with Crippen molar-refractivity contribution in [2.24, 2.45) is 0 Å². The van der Waals surface area contributed by atoms with Gasteiger partial charge in [-0.25, -0.2) is 0 Å². The summed E-state index contributed by atoms with van der Waals surface area (Å²) < 4.78 is 12.4. The maximum atomic E-state index is 15.0. The lowest BCUT2D eigenvalue weighted by Gasteiger charge is -2.32. The van der Waals surface area contributed by atoms with E-state index in [9.17, 15) is 20.4 Å². The van der Waals surface area contributed by atoms with Gasteiger partial charge in [0, 0.05) is 0 Å². The van der Waals surface area contributed by atoms with E-state index >= 15 is 9.59 Å². The van der Waals surface area contributed by atoms with Gasteiger partial charge in [0.1, 0.15) is 48.0 Å². The van der Waals surface area contributed by atoms with Crippen LogP contribution in [0.5, 0.6) is 23.0 Å². The van der Waals surface area contributed by atoms with Gasteiger partial charge in [-0.3, -0.25) is 9.59 Å². The number of hydrogen-bond donors (Lipinski definition) is 4. The third-order valence-electron chi connectivity index (χ3n) is 13.4. The number of carbonyl (C=O) groups is 2. The highest BCUT2D eigenvalue weighted by atomic mass is 16.6. The number of benzene rings is 4. The monoisotopic (exact) mass is 963 g/mol. The fourth-order valence-electron chi connectivity index (χ4n) is 9.25. The second-order valence-electron chi connectivity index (χ2n) is 28.1. The van der Waals surface area contributed by atoms with Crippen molar-refractivity contribution in [3.05, 3.63) is 115 Å². The summed E-state index contributed by atoms with van der Waals surface area (Å²) in [7, 11) is 0. The lowest BCUT2D eigenvalue weighted by molar-refractivity contribution is -0.153. The number of phenolic OH excluding ortho intramolecular Hbond substituents is 4. The molecule has 0 aromatic heterocycles. The van der Waals surface area contributed by atoms with Crippen LogP contribution in [0.15, 0.2) is 48.5 Å². The van der Waals surface area contributed by atoms with Crippen molar-refractivity contribution in [2.75, 3.05) is 13.2 Å². The molecule has 0 saturated carbocycles. The van der Waals surface area contributed by atoms with Crippen LogP contribution in [0.25, 0.3) is 0 Å². The standard InChI is InChI=1S/C62H90O8/c1-55(2,3)39-27-35(28-40(49(39)63)56(4,5)6)47(36-29-41(57(7,8)9)50(64)42(30-36)58(10,11)12)53(67)69-25-26-70-54(68)48(37-31-43(59(13,14)15)51(65)44(32-37)60(16,17)18)38-33-45(61(19,20)21)52(66)46(34-38)62(22,23)24/h27-34,47-48,63-66H,25-26H2,1-24H3. The molecule has 0 fully saturated rings. The van der Waals surface area contributed by atoms with Crippen molar-refractivity contribution in [2.45, 2.75) is 221 Å². The summed E-state index contributed by atoms with van der Waals surface area (Å²) in [4.78, 5) is 30.1. The molecule has 4 aromatic rings. The van der Waals surface area contributed by atoms with Crippen molar-refractivity contribution in [3.8, 4) is 23.0 Å². The molecule has 0 unspecified atom stereocenters. The molecule has 0 amide bonds. The molecule has 0 bridgehead atoms. The van der Waals surface area contributed by atoms with Crippen LogP contribution in [-0.4, -0.2) is 45.6 Å². The molecular weight excluding hydrogens is 873 g/mol. The highest BCUT2D eigenvalue weighted by molar-refractivity contribution is 5.84. The molecule has 0 radical (unpaired) electrons. The van der Waals surface area contributed by atoms with Crippen LogP contribution in [0.1, 0.15) is 245 Å². The largest absolute Gasteiger partial charge is 0.507 e. The van der Waals surface area contributed by atoms with Gasteiger partial charge < -0.3 is 29.9 Å². The number of aromatic hydroxyl groups is 4. The Balaban J connectivity index is 1.93. The fourth-order valence-corrected chi connectivity index (χ4v) is 9.25. The van der Waals surface area contributed by atoms with Crippen LogP contribution >= 0.6 is 0 Å². The molecule has 4 N–H and O–H groups in total. The van der Waals surface area contributed by atoms with Crippen molar-refractivity contribution in [1.82, 2.24) is 0 Å². The van der Waals surface area contributed by atoms with E-state index in [1.807, 2.05) is 215 Å². The maximum absolute atomic E-state index is 15.0. The van der Waals surface area contributed by atoms with Gasteiger partial charge in [0.05, 0.1) is 0 Å². The third-order valence-corrected chi connectivity index (χ3v) is 13.4. The Morgan fingerprint density at radius 2 is 0.443 bits per heavy atom. The molecule has 70 heavy (non-hydrogen) atoms. The van der Waals surface area contributed by atoms with Gasteiger partial charge in [-0.2, -0.15) is 0 Å². The van der Waals surface area contributed by atoms with Crippen LogP contribution < -0.4 is 0 Å². The zero-order chi connectivity index (χ0) is 54.0. The molecule has 386 valence electrons. The number of carbonyl (C=O) groups excluding carboxylic acids is 2. The fraction of sp³-hybridized carbons (Fsp3) is 0.581. The smallest absolute Gasteiger partial charge is 0.318 e. The normalized spacial score (nSPS) is 13.6. The molecule has 0 aliphatic rings. The molecule has 0 aliphatic heterocycles. The van der Waals surface area contributed by atoms with Crippen molar-refractivity contribution in [1.29, 1.82) is 0 Å². The van der Waals surface area contributed by atoms with Gasteiger partial charge >= 0.3 is 11.9 Å². The van der Waals surface area contributed by atoms with E-state index < -0.39 is 67.1 Å². The third kappa shape index (κ3) is 12.7. The molecule has 8 heteroatoms. The number of phenols is 4. The van der Waals surface area contributed by atoms with Crippen molar-refractivity contribution in [3.63, 3.8) is 0 Å². The average Bonchev–Trinajstić information content (AvgIpc) is 3.15. The SMILES string of the molecule is CC(C)(C)c1cc(C(C(=O)OCCOC(=O)C(c2cc(C(C)(C)C)c(O)c(C(C)(C)C)c2)c2cc(C(C)(C)C)c(O)c(C(C)(C)C)c2)c2cc(C(C)(C)C)c(O)c(C(C)(C)C)c2)cc(C(C)(C)C)c1O. The number of esters is 2.